The van der Waals surface area contributed by atoms with Crippen molar-refractivity contribution in [1.82, 2.24) is 0 Å². The Kier molecular flexibility index (Phi) is 2.82. The largest absolute Gasteiger partial charge is 0.616 e. The molecule has 0 bridgehead atoms. The van der Waals surface area contributed by atoms with Crippen molar-refractivity contribution < 1.29 is 4.55 Å². The Morgan fingerprint density at radius 3 is 2.44 bits per heavy atom. The maximum Gasteiger partial charge on any atom is 0.105 e. The molecule has 3 heteroatoms. The molecule has 0 radical (unpaired) electrons. The van der Waals surface area contributed by atoms with Gasteiger partial charge in [0.25, 0.3) is 0 Å². The van der Waals surface area contributed by atoms with E-state index < -0.39 is 11.2 Å². The van der Waals surface area contributed by atoms with Crippen molar-refractivity contribution in [2.24, 2.45) is 11.7 Å². The molecular weight excluding hydrogens is 134 g/mol. The summed E-state index contributed by atoms with van der Waals surface area (Å²) in [7, 11) is 0. The first-order valence-electron chi connectivity index (χ1n) is 3.38. The first kappa shape index (κ1) is 7.38. The predicted octanol–water partition coefficient (Wildman–Crippen LogP) is 0.104. The van der Waals surface area contributed by atoms with Crippen LogP contribution in [-0.2, 0) is 11.2 Å². The van der Waals surface area contributed by atoms with Crippen LogP contribution in [0.25, 0.3) is 0 Å². The average molecular weight is 147 g/mol. The zero-order valence-corrected chi connectivity index (χ0v) is 6.32. The van der Waals surface area contributed by atoms with E-state index in [4.69, 9.17) is 5.73 Å². The number of hydrogen-bond donors (Lipinski definition) is 1. The second-order valence-corrected chi connectivity index (χ2v) is 4.22. The molecule has 0 aromatic carbocycles. The summed E-state index contributed by atoms with van der Waals surface area (Å²) >= 11 is -0.518. The van der Waals surface area contributed by atoms with E-state index in [0.29, 0.717) is 5.92 Å². The molecule has 0 aliphatic carbocycles. The Bertz CT molecular complexity index is 81.1. The smallest absolute Gasteiger partial charge is 0.105 e. The molecule has 0 saturated carbocycles. The van der Waals surface area contributed by atoms with Gasteiger partial charge in [0, 0.05) is 0 Å². The maximum atomic E-state index is 10.8. The standard InChI is InChI=1S/C6H13NOS/c7-5-6-1-3-9(8)4-2-6/h6H,1-5,7H2. The lowest BCUT2D eigenvalue weighted by Gasteiger charge is -2.22. The lowest BCUT2D eigenvalue weighted by molar-refractivity contribution is 0.474. The molecule has 2 N–H and O–H groups in total. The molecule has 2 nitrogen and oxygen atoms in total. The molecule has 1 saturated heterocycles. The van der Waals surface area contributed by atoms with Crippen LogP contribution in [0.2, 0.25) is 0 Å². The minimum absolute atomic E-state index is 0.518. The summed E-state index contributed by atoms with van der Waals surface area (Å²) in [5, 5.41) is 0. The van der Waals surface area contributed by atoms with Gasteiger partial charge in [-0.25, -0.2) is 0 Å². The first-order chi connectivity index (χ1) is 4.33. The third-order valence-electron chi connectivity index (χ3n) is 1.84. The van der Waals surface area contributed by atoms with Crippen LogP contribution >= 0.6 is 0 Å². The van der Waals surface area contributed by atoms with E-state index in [1.54, 1.807) is 0 Å². The second-order valence-electron chi connectivity index (χ2n) is 2.53. The lowest BCUT2D eigenvalue weighted by Crippen LogP contribution is -2.27. The van der Waals surface area contributed by atoms with Crippen LogP contribution in [0.1, 0.15) is 12.8 Å². The van der Waals surface area contributed by atoms with Gasteiger partial charge in [0.15, 0.2) is 0 Å². The van der Waals surface area contributed by atoms with E-state index in [1.807, 2.05) is 0 Å². The molecule has 1 heterocycles. The summed E-state index contributed by atoms with van der Waals surface area (Å²) in [5.41, 5.74) is 5.45. The fraction of sp³-hybridized carbons (Fsp3) is 1.00. The Hall–Kier alpha value is 0.270. The van der Waals surface area contributed by atoms with Gasteiger partial charge in [-0.1, -0.05) is 11.2 Å². The zero-order valence-electron chi connectivity index (χ0n) is 5.51. The molecule has 1 fully saturated rings. The van der Waals surface area contributed by atoms with Crippen LogP contribution in [-0.4, -0.2) is 22.6 Å². The third kappa shape index (κ3) is 2.16. The summed E-state index contributed by atoms with van der Waals surface area (Å²) < 4.78 is 10.8. The van der Waals surface area contributed by atoms with Crippen molar-refractivity contribution >= 4 is 11.2 Å². The van der Waals surface area contributed by atoms with Gasteiger partial charge in [0.1, 0.15) is 11.5 Å². The molecule has 0 unspecified atom stereocenters. The van der Waals surface area contributed by atoms with Crippen molar-refractivity contribution in [1.29, 1.82) is 0 Å². The Morgan fingerprint density at radius 1 is 1.44 bits per heavy atom. The highest BCUT2D eigenvalue weighted by Crippen LogP contribution is 2.16. The number of nitrogens with two attached hydrogens (primary N) is 1. The van der Waals surface area contributed by atoms with Crippen LogP contribution in [0.15, 0.2) is 0 Å². The molecule has 54 valence electrons. The molecule has 9 heavy (non-hydrogen) atoms. The van der Waals surface area contributed by atoms with Crippen molar-refractivity contribution in [2.45, 2.75) is 12.8 Å². The minimum Gasteiger partial charge on any atom is -0.616 e. The minimum atomic E-state index is -0.518. The van der Waals surface area contributed by atoms with Crippen LogP contribution in [0.5, 0.6) is 0 Å². The van der Waals surface area contributed by atoms with Gasteiger partial charge in [-0.05, 0) is 25.3 Å². The molecule has 0 amide bonds. The lowest BCUT2D eigenvalue weighted by atomic mass is 10.0. The molecular formula is C6H13NOS. The van der Waals surface area contributed by atoms with Gasteiger partial charge in [-0.15, -0.1) is 0 Å². The second kappa shape index (κ2) is 3.44. The van der Waals surface area contributed by atoms with Crippen molar-refractivity contribution in [3.63, 3.8) is 0 Å². The fourth-order valence-corrected chi connectivity index (χ4v) is 2.47. The SMILES string of the molecule is NCC1CC[S+]([O-])CC1. The van der Waals surface area contributed by atoms with E-state index in [1.165, 1.54) is 0 Å². The van der Waals surface area contributed by atoms with Gasteiger partial charge in [0.05, 0.1) is 0 Å². The molecule has 0 aromatic heterocycles. The van der Waals surface area contributed by atoms with E-state index >= 15 is 0 Å². The highest BCUT2D eigenvalue weighted by molar-refractivity contribution is 7.91. The quantitative estimate of drug-likeness (QED) is 0.535. The van der Waals surface area contributed by atoms with Crippen molar-refractivity contribution in [3.05, 3.63) is 0 Å². The summed E-state index contributed by atoms with van der Waals surface area (Å²) in [6.45, 7) is 0.775. The van der Waals surface area contributed by atoms with E-state index in [9.17, 15) is 4.55 Å². The van der Waals surface area contributed by atoms with Crippen LogP contribution in [0.3, 0.4) is 0 Å². The summed E-state index contributed by atoms with van der Waals surface area (Å²) in [5.74, 6) is 2.41. The van der Waals surface area contributed by atoms with Crippen LogP contribution < -0.4 is 5.73 Å². The number of rotatable bonds is 1. The Balaban J connectivity index is 2.18. The molecule has 1 aliphatic heterocycles. The van der Waals surface area contributed by atoms with Crippen LogP contribution in [0, 0.1) is 5.92 Å². The highest BCUT2D eigenvalue weighted by atomic mass is 32.2. The third-order valence-corrected chi connectivity index (χ3v) is 3.22. The first-order valence-corrected chi connectivity index (χ1v) is 4.87. The number of hydrogen-bond acceptors (Lipinski definition) is 2. The normalized spacial score (nSPS) is 36.7. The zero-order chi connectivity index (χ0) is 6.69. The van der Waals surface area contributed by atoms with E-state index in [0.717, 1.165) is 30.9 Å². The van der Waals surface area contributed by atoms with Gasteiger partial charge in [0.2, 0.25) is 0 Å². The summed E-state index contributed by atoms with van der Waals surface area (Å²) in [4.78, 5) is 0. The van der Waals surface area contributed by atoms with Gasteiger partial charge < -0.3 is 10.3 Å². The van der Waals surface area contributed by atoms with Crippen LogP contribution in [0.4, 0.5) is 0 Å². The molecule has 0 spiro atoms. The highest BCUT2D eigenvalue weighted by Gasteiger charge is 2.19. The predicted molar refractivity (Wildman–Crippen MR) is 39.7 cm³/mol. The van der Waals surface area contributed by atoms with E-state index in [2.05, 4.69) is 0 Å². The summed E-state index contributed by atoms with van der Waals surface area (Å²) in [6.07, 6.45) is 2.15. The van der Waals surface area contributed by atoms with Gasteiger partial charge in [-0.2, -0.15) is 0 Å². The molecule has 1 rings (SSSR count). The molecule has 0 aromatic rings. The maximum absolute atomic E-state index is 10.8. The summed E-state index contributed by atoms with van der Waals surface area (Å²) in [6, 6.07) is 0. The molecule has 1 aliphatic rings. The average Bonchev–Trinajstić information content (AvgIpc) is 1.90. The molecule has 0 atom stereocenters. The Labute approximate surface area is 59.0 Å². The monoisotopic (exact) mass is 147 g/mol. The fourth-order valence-electron chi connectivity index (χ4n) is 1.08. The van der Waals surface area contributed by atoms with E-state index in [-0.39, 0.29) is 0 Å². The topological polar surface area (TPSA) is 49.1 Å². The van der Waals surface area contributed by atoms with Gasteiger partial charge in [-0.3, -0.25) is 0 Å². The Morgan fingerprint density at radius 2 is 2.00 bits per heavy atom. The van der Waals surface area contributed by atoms with Crippen molar-refractivity contribution in [3.8, 4) is 0 Å². The van der Waals surface area contributed by atoms with Gasteiger partial charge >= 0.3 is 0 Å². The van der Waals surface area contributed by atoms with Crippen molar-refractivity contribution in [2.75, 3.05) is 18.1 Å².